The van der Waals surface area contributed by atoms with Crippen molar-refractivity contribution in [2.75, 3.05) is 0 Å². The van der Waals surface area contributed by atoms with Gasteiger partial charge in [0.15, 0.2) is 0 Å². The van der Waals surface area contributed by atoms with Crippen LogP contribution < -0.4 is 5.56 Å². The summed E-state index contributed by atoms with van der Waals surface area (Å²) in [6, 6.07) is 5.88. The zero-order valence-corrected chi connectivity index (χ0v) is 7.10. The molecule has 0 spiro atoms. The molecule has 1 aromatic heterocycles. The fourth-order valence-electron chi connectivity index (χ4n) is 1.38. The van der Waals surface area contributed by atoms with Gasteiger partial charge in [0.2, 0.25) is 0 Å². The number of H-pyrrole nitrogens is 1. The molecule has 0 aliphatic rings. The fourth-order valence-corrected chi connectivity index (χ4v) is 1.38. The molecule has 13 heavy (non-hydrogen) atoms. The molecule has 0 atom stereocenters. The van der Waals surface area contributed by atoms with Crippen LogP contribution in [-0.4, -0.2) is 4.98 Å². The van der Waals surface area contributed by atoms with E-state index in [-0.39, 0.29) is 11.4 Å². The van der Waals surface area contributed by atoms with Gasteiger partial charge in [0.05, 0.1) is 0 Å². The number of aryl methyl sites for hydroxylation is 1. The summed E-state index contributed by atoms with van der Waals surface area (Å²) in [5.74, 6) is -0.322. The Kier molecular flexibility index (Phi) is 1.65. The Morgan fingerprint density at radius 1 is 1.31 bits per heavy atom. The van der Waals surface area contributed by atoms with Gasteiger partial charge in [-0.25, -0.2) is 4.39 Å². The molecule has 0 saturated carbocycles. The van der Waals surface area contributed by atoms with Gasteiger partial charge in [-0.05, 0) is 36.6 Å². The van der Waals surface area contributed by atoms with Crippen molar-refractivity contribution in [2.45, 2.75) is 6.92 Å². The van der Waals surface area contributed by atoms with Gasteiger partial charge in [0.25, 0.3) is 5.56 Å². The predicted octanol–water partition coefficient (Wildman–Crippen LogP) is 1.98. The molecule has 1 heterocycles. The Morgan fingerprint density at radius 3 is 2.85 bits per heavy atom. The van der Waals surface area contributed by atoms with Gasteiger partial charge < -0.3 is 4.98 Å². The summed E-state index contributed by atoms with van der Waals surface area (Å²) in [5, 5.41) is 1.16. The monoisotopic (exact) mass is 177 g/mol. The van der Waals surface area contributed by atoms with Gasteiger partial charge in [0.1, 0.15) is 5.82 Å². The number of hydrogen-bond donors (Lipinski definition) is 1. The van der Waals surface area contributed by atoms with Crippen LogP contribution in [-0.2, 0) is 0 Å². The van der Waals surface area contributed by atoms with Crippen molar-refractivity contribution < 1.29 is 4.39 Å². The van der Waals surface area contributed by atoms with Gasteiger partial charge >= 0.3 is 0 Å². The minimum absolute atomic E-state index is 0.171. The lowest BCUT2D eigenvalue weighted by atomic mass is 10.1. The smallest absolute Gasteiger partial charge is 0.256 e. The molecule has 0 saturated heterocycles. The first-order valence-corrected chi connectivity index (χ1v) is 3.96. The molecule has 66 valence electrons. The van der Waals surface area contributed by atoms with E-state index in [0.717, 1.165) is 5.69 Å². The molecule has 0 radical (unpaired) electrons. The molecule has 1 aromatic carbocycles. The second-order valence-electron chi connectivity index (χ2n) is 3.01. The Hall–Kier alpha value is -1.64. The second-order valence-corrected chi connectivity index (χ2v) is 3.01. The maximum Gasteiger partial charge on any atom is 0.256 e. The zero-order valence-electron chi connectivity index (χ0n) is 7.10. The average molecular weight is 177 g/mol. The fraction of sp³-hybridized carbons (Fsp3) is 0.100. The molecule has 0 fully saturated rings. The van der Waals surface area contributed by atoms with E-state index in [0.29, 0.717) is 10.8 Å². The van der Waals surface area contributed by atoms with E-state index in [1.54, 1.807) is 13.0 Å². The SMILES string of the molecule is Cc1cc2cc(F)ccc2c(=O)[nH]1. The van der Waals surface area contributed by atoms with Crippen molar-refractivity contribution in [1.29, 1.82) is 0 Å². The van der Waals surface area contributed by atoms with E-state index in [1.807, 2.05) is 0 Å². The maximum absolute atomic E-state index is 12.8. The van der Waals surface area contributed by atoms with Crippen LogP contribution in [0.1, 0.15) is 5.69 Å². The van der Waals surface area contributed by atoms with Crippen molar-refractivity contribution in [3.8, 4) is 0 Å². The molecule has 2 rings (SSSR count). The van der Waals surface area contributed by atoms with Gasteiger partial charge in [-0.15, -0.1) is 0 Å². The number of hydrogen-bond acceptors (Lipinski definition) is 1. The number of rotatable bonds is 0. The van der Waals surface area contributed by atoms with Crippen LogP contribution >= 0.6 is 0 Å². The third kappa shape index (κ3) is 1.33. The molecule has 2 nitrogen and oxygen atoms in total. The highest BCUT2D eigenvalue weighted by Gasteiger charge is 2.00. The van der Waals surface area contributed by atoms with Gasteiger partial charge in [-0.2, -0.15) is 0 Å². The van der Waals surface area contributed by atoms with Crippen LogP contribution in [0.25, 0.3) is 10.8 Å². The normalized spacial score (nSPS) is 10.6. The van der Waals surface area contributed by atoms with Crippen molar-refractivity contribution in [2.24, 2.45) is 0 Å². The minimum Gasteiger partial charge on any atom is -0.326 e. The van der Waals surface area contributed by atoms with Gasteiger partial charge in [0, 0.05) is 11.1 Å². The van der Waals surface area contributed by atoms with Gasteiger partial charge in [-0.1, -0.05) is 0 Å². The number of pyridine rings is 1. The number of fused-ring (bicyclic) bond motifs is 1. The summed E-state index contributed by atoms with van der Waals surface area (Å²) in [6.45, 7) is 1.77. The first-order valence-electron chi connectivity index (χ1n) is 3.96. The molecular formula is C10H8FNO. The maximum atomic E-state index is 12.8. The molecule has 1 N–H and O–H groups in total. The van der Waals surface area contributed by atoms with Crippen molar-refractivity contribution >= 4 is 10.8 Å². The average Bonchev–Trinajstić information content (AvgIpc) is 2.02. The Balaban J connectivity index is 2.95. The summed E-state index contributed by atoms with van der Waals surface area (Å²) in [4.78, 5) is 14.0. The number of halogens is 1. The third-order valence-corrected chi connectivity index (χ3v) is 1.94. The molecule has 0 aliphatic carbocycles. The van der Waals surface area contributed by atoms with E-state index in [4.69, 9.17) is 0 Å². The minimum atomic E-state index is -0.322. The van der Waals surface area contributed by atoms with Crippen LogP contribution in [0, 0.1) is 12.7 Å². The molecule has 0 unspecified atom stereocenters. The summed E-state index contributed by atoms with van der Waals surface area (Å²) in [5.41, 5.74) is 0.568. The van der Waals surface area contributed by atoms with E-state index >= 15 is 0 Å². The number of aromatic nitrogens is 1. The Bertz CT molecular complexity index is 511. The van der Waals surface area contributed by atoms with Crippen LogP contribution in [0.15, 0.2) is 29.1 Å². The van der Waals surface area contributed by atoms with E-state index in [1.165, 1.54) is 18.2 Å². The molecule has 3 heteroatoms. The summed E-state index contributed by atoms with van der Waals surface area (Å²) in [6.07, 6.45) is 0. The first kappa shape index (κ1) is 7.98. The second kappa shape index (κ2) is 2.69. The lowest BCUT2D eigenvalue weighted by Gasteiger charge is -1.98. The standard InChI is InChI=1S/C10H8FNO/c1-6-4-7-5-8(11)2-3-9(7)10(13)12-6/h2-5H,1H3,(H,12,13). The van der Waals surface area contributed by atoms with Crippen molar-refractivity contribution in [3.63, 3.8) is 0 Å². The Morgan fingerprint density at radius 2 is 2.08 bits per heavy atom. The van der Waals surface area contributed by atoms with Crippen LogP contribution in [0.5, 0.6) is 0 Å². The topological polar surface area (TPSA) is 32.9 Å². The van der Waals surface area contributed by atoms with Crippen molar-refractivity contribution in [3.05, 3.63) is 46.1 Å². The van der Waals surface area contributed by atoms with Gasteiger partial charge in [-0.3, -0.25) is 4.79 Å². The summed E-state index contributed by atoms with van der Waals surface area (Å²) >= 11 is 0. The van der Waals surface area contributed by atoms with E-state index in [9.17, 15) is 9.18 Å². The van der Waals surface area contributed by atoms with Crippen LogP contribution in [0.2, 0.25) is 0 Å². The highest BCUT2D eigenvalue weighted by Crippen LogP contribution is 2.11. The van der Waals surface area contributed by atoms with Crippen LogP contribution in [0.4, 0.5) is 4.39 Å². The number of aromatic amines is 1. The lowest BCUT2D eigenvalue weighted by Crippen LogP contribution is -2.07. The largest absolute Gasteiger partial charge is 0.326 e. The van der Waals surface area contributed by atoms with Crippen LogP contribution in [0.3, 0.4) is 0 Å². The van der Waals surface area contributed by atoms with E-state index in [2.05, 4.69) is 4.98 Å². The third-order valence-electron chi connectivity index (χ3n) is 1.94. The lowest BCUT2D eigenvalue weighted by molar-refractivity contribution is 0.629. The van der Waals surface area contributed by atoms with E-state index < -0.39 is 0 Å². The predicted molar refractivity (Wildman–Crippen MR) is 49.3 cm³/mol. The molecule has 0 amide bonds. The number of benzene rings is 1. The molecule has 2 aromatic rings. The number of nitrogens with one attached hydrogen (secondary N) is 1. The molecule has 0 aliphatic heterocycles. The Labute approximate surface area is 74.0 Å². The summed E-state index contributed by atoms with van der Waals surface area (Å²) in [7, 11) is 0. The summed E-state index contributed by atoms with van der Waals surface area (Å²) < 4.78 is 12.8. The molecule has 0 bridgehead atoms. The van der Waals surface area contributed by atoms with Crippen molar-refractivity contribution in [1.82, 2.24) is 4.98 Å². The zero-order chi connectivity index (χ0) is 9.42. The molecular weight excluding hydrogens is 169 g/mol. The first-order chi connectivity index (χ1) is 6.16. The quantitative estimate of drug-likeness (QED) is 0.655. The highest BCUT2D eigenvalue weighted by atomic mass is 19.1. The highest BCUT2D eigenvalue weighted by molar-refractivity contribution is 5.81.